The van der Waals surface area contributed by atoms with Gasteiger partial charge < -0.3 is 4.74 Å². The molecule has 1 aliphatic carbocycles. The van der Waals surface area contributed by atoms with Crippen molar-refractivity contribution in [3.63, 3.8) is 0 Å². The van der Waals surface area contributed by atoms with Gasteiger partial charge in [-0.2, -0.15) is 0 Å². The zero-order valence-electron chi connectivity index (χ0n) is 14.3. The number of piperidine rings is 1. The zero-order chi connectivity index (χ0) is 16.0. The van der Waals surface area contributed by atoms with Crippen LogP contribution in [0, 0.1) is 12.8 Å². The summed E-state index contributed by atoms with van der Waals surface area (Å²) < 4.78 is 5.50. The lowest BCUT2D eigenvalue weighted by molar-refractivity contribution is 0.126. The maximum atomic E-state index is 5.50. The molecule has 2 aromatic carbocycles. The number of aryl methyl sites for hydroxylation is 1. The number of methoxy groups -OCH3 is 1. The molecule has 2 aliphatic rings. The van der Waals surface area contributed by atoms with Gasteiger partial charge in [0.25, 0.3) is 0 Å². The average molecular weight is 307 g/mol. The van der Waals surface area contributed by atoms with Crippen molar-refractivity contribution in [2.45, 2.75) is 31.7 Å². The topological polar surface area (TPSA) is 12.5 Å². The van der Waals surface area contributed by atoms with E-state index >= 15 is 0 Å². The molecule has 0 saturated carbocycles. The Kier molecular flexibility index (Phi) is 3.65. The molecule has 1 aliphatic heterocycles. The molecule has 0 radical (unpaired) electrons. The Morgan fingerprint density at radius 1 is 1.09 bits per heavy atom. The van der Waals surface area contributed by atoms with E-state index in [9.17, 15) is 0 Å². The molecule has 0 N–H and O–H groups in total. The van der Waals surface area contributed by atoms with Crippen LogP contribution in [0.4, 0.5) is 0 Å². The molecule has 2 heteroatoms. The number of fused-ring (bicyclic) bond motifs is 3. The fourth-order valence-corrected chi connectivity index (χ4v) is 4.76. The highest BCUT2D eigenvalue weighted by Crippen LogP contribution is 2.54. The highest BCUT2D eigenvalue weighted by molar-refractivity contribution is 5.50. The van der Waals surface area contributed by atoms with Gasteiger partial charge in [0, 0.05) is 12.0 Å². The van der Waals surface area contributed by atoms with Gasteiger partial charge in [0.1, 0.15) is 5.75 Å². The van der Waals surface area contributed by atoms with E-state index in [1.54, 1.807) is 7.11 Å². The van der Waals surface area contributed by atoms with Crippen LogP contribution in [0.15, 0.2) is 42.5 Å². The Labute approximate surface area is 139 Å². The largest absolute Gasteiger partial charge is 0.497 e. The van der Waals surface area contributed by atoms with Crippen LogP contribution in [0.1, 0.15) is 47.1 Å². The van der Waals surface area contributed by atoms with Crippen LogP contribution in [-0.4, -0.2) is 25.6 Å². The van der Waals surface area contributed by atoms with E-state index in [4.69, 9.17) is 4.74 Å². The van der Waals surface area contributed by atoms with Crippen LogP contribution >= 0.6 is 0 Å². The normalized spacial score (nSPS) is 26.7. The predicted molar refractivity (Wildman–Crippen MR) is 94.1 cm³/mol. The monoisotopic (exact) mass is 307 g/mol. The minimum absolute atomic E-state index is 0.517. The third kappa shape index (κ3) is 2.36. The molecular weight excluding hydrogens is 282 g/mol. The predicted octanol–water partition coefficient (Wildman–Crippen LogP) is 4.53. The second-order valence-electron chi connectivity index (χ2n) is 7.12. The number of nitrogens with zero attached hydrogens (tertiary/aromatic N) is 1. The molecule has 2 aromatic rings. The molecule has 0 bridgehead atoms. The summed E-state index contributed by atoms with van der Waals surface area (Å²) in [6, 6.07) is 16.3. The number of likely N-dealkylation sites (tertiary alicyclic amines) is 1. The smallest absolute Gasteiger partial charge is 0.119 e. The molecule has 1 fully saturated rings. The van der Waals surface area contributed by atoms with Crippen molar-refractivity contribution in [3.05, 3.63) is 64.7 Å². The summed E-state index contributed by atoms with van der Waals surface area (Å²) in [5.74, 6) is 2.17. The van der Waals surface area contributed by atoms with Crippen molar-refractivity contribution in [2.75, 3.05) is 20.7 Å². The van der Waals surface area contributed by atoms with Crippen LogP contribution < -0.4 is 4.74 Å². The molecule has 1 heterocycles. The summed E-state index contributed by atoms with van der Waals surface area (Å²) >= 11 is 0. The van der Waals surface area contributed by atoms with Gasteiger partial charge in [-0.15, -0.1) is 0 Å². The second-order valence-corrected chi connectivity index (χ2v) is 7.12. The molecule has 1 saturated heterocycles. The van der Waals surface area contributed by atoms with Gasteiger partial charge in [0.2, 0.25) is 0 Å². The Hall–Kier alpha value is -1.80. The van der Waals surface area contributed by atoms with Crippen LogP contribution in [0.3, 0.4) is 0 Å². The number of hydrogen-bond acceptors (Lipinski definition) is 2. The number of ether oxygens (including phenoxy) is 1. The molecule has 23 heavy (non-hydrogen) atoms. The number of rotatable bonds is 2. The van der Waals surface area contributed by atoms with Crippen molar-refractivity contribution in [1.29, 1.82) is 0 Å². The summed E-state index contributed by atoms with van der Waals surface area (Å²) in [6.07, 6.45) is 2.61. The molecule has 0 aromatic heterocycles. The van der Waals surface area contributed by atoms with E-state index in [2.05, 4.69) is 61.3 Å². The lowest BCUT2D eigenvalue weighted by atomic mass is 9.80. The Morgan fingerprint density at radius 3 is 2.74 bits per heavy atom. The summed E-state index contributed by atoms with van der Waals surface area (Å²) in [5.41, 5.74) is 5.80. The SMILES string of the molecule is COc1ccc2c(c1)C1C(CCCN1C)C2c1cccc(C)c1. The van der Waals surface area contributed by atoms with Gasteiger partial charge in [0.15, 0.2) is 0 Å². The first-order valence-electron chi connectivity index (χ1n) is 8.63. The van der Waals surface area contributed by atoms with Gasteiger partial charge in [-0.05, 0) is 68.1 Å². The van der Waals surface area contributed by atoms with Crippen molar-refractivity contribution in [3.8, 4) is 5.75 Å². The van der Waals surface area contributed by atoms with E-state index in [1.807, 2.05) is 0 Å². The van der Waals surface area contributed by atoms with Gasteiger partial charge in [0.05, 0.1) is 7.11 Å². The lowest BCUT2D eigenvalue weighted by Gasteiger charge is -2.37. The fourth-order valence-electron chi connectivity index (χ4n) is 4.76. The van der Waals surface area contributed by atoms with Gasteiger partial charge in [-0.3, -0.25) is 4.90 Å². The third-order valence-corrected chi connectivity index (χ3v) is 5.71. The van der Waals surface area contributed by atoms with E-state index in [0.717, 1.165) is 5.75 Å². The third-order valence-electron chi connectivity index (χ3n) is 5.71. The molecular formula is C21H25NO. The molecule has 3 atom stereocenters. The minimum Gasteiger partial charge on any atom is -0.497 e. The fraction of sp³-hybridized carbons (Fsp3) is 0.429. The van der Waals surface area contributed by atoms with Gasteiger partial charge >= 0.3 is 0 Å². The van der Waals surface area contributed by atoms with Crippen molar-refractivity contribution >= 4 is 0 Å². The van der Waals surface area contributed by atoms with E-state index in [0.29, 0.717) is 17.9 Å². The Morgan fingerprint density at radius 2 is 1.96 bits per heavy atom. The highest BCUT2D eigenvalue weighted by atomic mass is 16.5. The maximum absolute atomic E-state index is 5.50. The zero-order valence-corrected chi connectivity index (χ0v) is 14.3. The quantitative estimate of drug-likeness (QED) is 0.808. The highest BCUT2D eigenvalue weighted by Gasteiger charge is 2.44. The maximum Gasteiger partial charge on any atom is 0.119 e. The molecule has 4 rings (SSSR count). The molecule has 0 spiro atoms. The summed E-state index contributed by atoms with van der Waals surface area (Å²) in [4.78, 5) is 2.54. The lowest BCUT2D eigenvalue weighted by Crippen LogP contribution is -2.34. The van der Waals surface area contributed by atoms with E-state index in [-0.39, 0.29) is 0 Å². The van der Waals surface area contributed by atoms with Crippen LogP contribution in [0.25, 0.3) is 0 Å². The van der Waals surface area contributed by atoms with E-state index in [1.165, 1.54) is 41.6 Å². The number of hydrogen-bond donors (Lipinski definition) is 0. The van der Waals surface area contributed by atoms with Crippen molar-refractivity contribution < 1.29 is 4.74 Å². The van der Waals surface area contributed by atoms with Gasteiger partial charge in [-0.25, -0.2) is 0 Å². The number of benzene rings is 2. The summed E-state index contributed by atoms with van der Waals surface area (Å²) in [7, 11) is 4.04. The summed E-state index contributed by atoms with van der Waals surface area (Å²) in [5, 5.41) is 0. The minimum atomic E-state index is 0.517. The van der Waals surface area contributed by atoms with Crippen LogP contribution in [-0.2, 0) is 0 Å². The van der Waals surface area contributed by atoms with Crippen molar-refractivity contribution in [1.82, 2.24) is 4.90 Å². The standard InChI is InChI=1S/C21H25NO/c1-14-6-4-7-15(12-14)20-17-10-9-16(23-3)13-19(17)21-18(20)8-5-11-22(21)2/h4,6-7,9-10,12-13,18,20-21H,5,8,11H2,1-3H3. The second kappa shape index (κ2) is 5.68. The average Bonchev–Trinajstić information content (AvgIpc) is 2.89. The Bertz CT molecular complexity index is 724. The molecule has 120 valence electrons. The first kappa shape index (κ1) is 14.8. The van der Waals surface area contributed by atoms with Crippen LogP contribution in [0.5, 0.6) is 5.75 Å². The van der Waals surface area contributed by atoms with Crippen LogP contribution in [0.2, 0.25) is 0 Å². The first-order chi connectivity index (χ1) is 11.2. The van der Waals surface area contributed by atoms with Gasteiger partial charge in [-0.1, -0.05) is 35.9 Å². The first-order valence-corrected chi connectivity index (χ1v) is 8.63. The Balaban J connectivity index is 1.87. The van der Waals surface area contributed by atoms with Crippen molar-refractivity contribution in [2.24, 2.45) is 5.92 Å². The molecule has 2 nitrogen and oxygen atoms in total. The summed E-state index contributed by atoms with van der Waals surface area (Å²) in [6.45, 7) is 3.39. The molecule has 3 unspecified atom stereocenters. The van der Waals surface area contributed by atoms with E-state index < -0.39 is 0 Å². The molecule has 0 amide bonds.